The van der Waals surface area contributed by atoms with Crippen LogP contribution in [0, 0.1) is 11.3 Å². The Morgan fingerprint density at radius 1 is 1.10 bits per heavy atom. The lowest BCUT2D eigenvalue weighted by Gasteiger charge is -2.21. The van der Waals surface area contributed by atoms with Crippen molar-refractivity contribution in [1.82, 2.24) is 14.6 Å². The summed E-state index contributed by atoms with van der Waals surface area (Å²) in [6, 6.07) is 5.65. The first kappa shape index (κ1) is 32.4. The van der Waals surface area contributed by atoms with Crippen LogP contribution in [0.3, 0.4) is 0 Å². The number of nitriles is 1. The zero-order valence-corrected chi connectivity index (χ0v) is 21.9. The van der Waals surface area contributed by atoms with E-state index in [1.54, 1.807) is 37.4 Å². The molecule has 3 rings (SSSR count). The minimum absolute atomic E-state index is 0.122. The zero-order valence-electron chi connectivity index (χ0n) is 21.9. The summed E-state index contributed by atoms with van der Waals surface area (Å²) in [5.41, 5.74) is 0.0948. The highest BCUT2D eigenvalue weighted by Gasteiger charge is 2.43. The molecule has 1 amide bonds. The molecule has 16 nitrogen and oxygen atoms in total. The molecule has 2 aromatic rings. The van der Waals surface area contributed by atoms with Crippen molar-refractivity contribution in [3.63, 3.8) is 0 Å². The van der Waals surface area contributed by atoms with E-state index < -0.39 is 36.1 Å². The fourth-order valence-electron chi connectivity index (χ4n) is 3.21. The molecule has 2 atom stereocenters. The number of rotatable bonds is 7. The molecule has 0 spiro atoms. The number of carboxylic acid groups (broad SMARTS) is 2. The molecular formula is C23H31N5O11. The minimum atomic E-state index is -1.21. The summed E-state index contributed by atoms with van der Waals surface area (Å²) in [5.74, 6) is -0.161. The number of anilines is 1. The largest absolute Gasteiger partial charge is 0.505 e. The van der Waals surface area contributed by atoms with Crippen molar-refractivity contribution in [3.8, 4) is 6.07 Å². The van der Waals surface area contributed by atoms with Gasteiger partial charge in [0.25, 0.3) is 0 Å². The van der Waals surface area contributed by atoms with E-state index in [0.717, 1.165) is 0 Å². The SMILES string of the molecule is CCOC(=O)Nc1ncnn2c(C3CCC(C#N)(COC(C)=O)O3)ccc12.CCOC(=O)O.CCOC(=O)O. The first-order valence-electron chi connectivity index (χ1n) is 11.7. The molecule has 39 heavy (non-hydrogen) atoms. The van der Waals surface area contributed by atoms with Gasteiger partial charge in [-0.05, 0) is 45.7 Å². The maximum Gasteiger partial charge on any atom is 0.505 e. The van der Waals surface area contributed by atoms with Crippen molar-refractivity contribution in [2.45, 2.75) is 52.2 Å². The van der Waals surface area contributed by atoms with Crippen LogP contribution in [0.2, 0.25) is 0 Å². The van der Waals surface area contributed by atoms with Crippen molar-refractivity contribution in [3.05, 3.63) is 24.2 Å². The lowest BCUT2D eigenvalue weighted by Crippen LogP contribution is -2.33. The van der Waals surface area contributed by atoms with Crippen LogP contribution in [0.1, 0.15) is 52.3 Å². The molecule has 1 aliphatic rings. The monoisotopic (exact) mass is 553 g/mol. The maximum atomic E-state index is 11.7. The van der Waals surface area contributed by atoms with Crippen LogP contribution in [0.25, 0.3) is 5.52 Å². The Morgan fingerprint density at radius 2 is 1.72 bits per heavy atom. The molecule has 0 bridgehead atoms. The Labute approximate surface area is 223 Å². The van der Waals surface area contributed by atoms with Gasteiger partial charge in [0.1, 0.15) is 30.6 Å². The van der Waals surface area contributed by atoms with E-state index in [1.807, 2.05) is 0 Å². The summed E-state index contributed by atoms with van der Waals surface area (Å²) in [7, 11) is 0. The third kappa shape index (κ3) is 10.7. The highest BCUT2D eigenvalue weighted by Crippen LogP contribution is 2.40. The average Bonchev–Trinajstić information content (AvgIpc) is 3.49. The lowest BCUT2D eigenvalue weighted by atomic mass is 10.0. The molecule has 1 aliphatic heterocycles. The first-order valence-corrected chi connectivity index (χ1v) is 11.7. The van der Waals surface area contributed by atoms with E-state index in [0.29, 0.717) is 29.9 Å². The van der Waals surface area contributed by atoms with E-state index >= 15 is 0 Å². The van der Waals surface area contributed by atoms with Crippen LogP contribution in [0.5, 0.6) is 0 Å². The average molecular weight is 554 g/mol. The first-order chi connectivity index (χ1) is 18.5. The van der Waals surface area contributed by atoms with Crippen LogP contribution >= 0.6 is 0 Å². The molecule has 3 N–H and O–H groups in total. The number of carbonyl (C=O) groups excluding carboxylic acids is 2. The normalized spacial score (nSPS) is 17.3. The Hall–Kier alpha value is -4.65. The maximum absolute atomic E-state index is 11.7. The number of hydrogen-bond donors (Lipinski definition) is 3. The van der Waals surface area contributed by atoms with Gasteiger partial charge in [-0.15, -0.1) is 0 Å². The van der Waals surface area contributed by atoms with Gasteiger partial charge in [0.2, 0.25) is 0 Å². The second-order valence-electron chi connectivity index (χ2n) is 7.44. The van der Waals surface area contributed by atoms with Gasteiger partial charge in [-0.2, -0.15) is 10.4 Å². The number of aromatic nitrogens is 3. The van der Waals surface area contributed by atoms with Gasteiger partial charge >= 0.3 is 24.4 Å². The van der Waals surface area contributed by atoms with Gasteiger partial charge in [-0.25, -0.2) is 23.9 Å². The topological polar surface area (TPSA) is 221 Å². The van der Waals surface area contributed by atoms with E-state index in [2.05, 4.69) is 30.9 Å². The third-order valence-electron chi connectivity index (χ3n) is 4.73. The van der Waals surface area contributed by atoms with Crippen LogP contribution in [0.15, 0.2) is 18.5 Å². The molecule has 0 radical (unpaired) electrons. The zero-order chi connectivity index (χ0) is 29.4. The molecule has 16 heteroatoms. The smallest absolute Gasteiger partial charge is 0.462 e. The second kappa shape index (κ2) is 16.2. The number of esters is 1. The molecule has 3 heterocycles. The molecule has 2 aromatic heterocycles. The predicted molar refractivity (Wildman–Crippen MR) is 131 cm³/mol. The molecule has 0 aliphatic carbocycles. The van der Waals surface area contributed by atoms with Crippen LogP contribution in [-0.4, -0.2) is 81.2 Å². The summed E-state index contributed by atoms with van der Waals surface area (Å²) in [6.07, 6.45) is -1.14. The quantitative estimate of drug-likeness (QED) is 0.330. The minimum Gasteiger partial charge on any atom is -0.462 e. The third-order valence-corrected chi connectivity index (χ3v) is 4.73. The summed E-state index contributed by atoms with van der Waals surface area (Å²) >= 11 is 0. The summed E-state index contributed by atoms with van der Waals surface area (Å²) in [5, 5.41) is 31.7. The summed E-state index contributed by atoms with van der Waals surface area (Å²) < 4.78 is 25.3. The molecule has 1 saturated heterocycles. The predicted octanol–water partition coefficient (Wildman–Crippen LogP) is 3.38. The van der Waals surface area contributed by atoms with Gasteiger partial charge in [0, 0.05) is 6.92 Å². The van der Waals surface area contributed by atoms with Gasteiger partial charge in [-0.1, -0.05) is 0 Å². The fraction of sp³-hybridized carbons (Fsp3) is 0.522. The Balaban J connectivity index is 0.000000530. The Bertz CT molecular complexity index is 1150. The van der Waals surface area contributed by atoms with Crippen molar-refractivity contribution in [1.29, 1.82) is 5.26 Å². The van der Waals surface area contributed by atoms with E-state index in [1.165, 1.54) is 13.3 Å². The lowest BCUT2D eigenvalue weighted by molar-refractivity contribution is -0.148. The number of nitrogens with zero attached hydrogens (tertiary/aromatic N) is 4. The number of carbonyl (C=O) groups is 4. The van der Waals surface area contributed by atoms with Gasteiger partial charge in [0.15, 0.2) is 11.4 Å². The molecular weight excluding hydrogens is 522 g/mol. The highest BCUT2D eigenvalue weighted by molar-refractivity contribution is 5.88. The molecule has 2 unspecified atom stereocenters. The van der Waals surface area contributed by atoms with Gasteiger partial charge < -0.3 is 33.9 Å². The second-order valence-corrected chi connectivity index (χ2v) is 7.44. The van der Waals surface area contributed by atoms with E-state index in [-0.39, 0.29) is 26.4 Å². The fourth-order valence-corrected chi connectivity index (χ4v) is 3.21. The number of fused-ring (bicyclic) bond motifs is 1. The van der Waals surface area contributed by atoms with E-state index in [9.17, 15) is 24.4 Å². The van der Waals surface area contributed by atoms with Crippen LogP contribution in [-0.2, 0) is 28.5 Å². The molecule has 214 valence electrons. The Morgan fingerprint density at radius 3 is 2.21 bits per heavy atom. The summed E-state index contributed by atoms with van der Waals surface area (Å²) in [6.45, 7) is 6.82. The van der Waals surface area contributed by atoms with Gasteiger partial charge in [0.05, 0.1) is 25.5 Å². The van der Waals surface area contributed by atoms with Crippen LogP contribution in [0.4, 0.5) is 20.2 Å². The Kier molecular flexibility index (Phi) is 13.5. The van der Waals surface area contributed by atoms with Crippen molar-refractivity contribution < 1.29 is 53.1 Å². The van der Waals surface area contributed by atoms with Crippen LogP contribution < -0.4 is 5.32 Å². The number of amides is 1. The summed E-state index contributed by atoms with van der Waals surface area (Å²) in [4.78, 5) is 45.6. The highest BCUT2D eigenvalue weighted by atomic mass is 16.7. The van der Waals surface area contributed by atoms with Gasteiger partial charge in [-0.3, -0.25) is 10.1 Å². The van der Waals surface area contributed by atoms with Crippen molar-refractivity contribution in [2.75, 3.05) is 31.7 Å². The molecule has 0 saturated carbocycles. The number of ether oxygens (including phenoxy) is 5. The molecule has 1 fully saturated rings. The van der Waals surface area contributed by atoms with E-state index in [4.69, 9.17) is 24.4 Å². The molecule has 0 aromatic carbocycles. The standard InChI is InChI=1S/C17H19N5O5.2C3H6O3/c1-3-25-16(24)21-15-13-5-4-12(22(13)20-10-19-15)14-6-7-17(8-18,27-14)9-26-11(2)23;2*1-2-6-3(4)5/h4-5,10,14H,3,6-7,9H2,1-2H3,(H,19,20,21,24);2*2H2,1H3,(H,4,5). The number of nitrogens with one attached hydrogen (secondary N) is 1. The number of hydrogen-bond acceptors (Lipinski definition) is 12. The van der Waals surface area contributed by atoms with Crippen molar-refractivity contribution >= 4 is 35.7 Å². The van der Waals surface area contributed by atoms with Crippen molar-refractivity contribution in [2.24, 2.45) is 0 Å².